The van der Waals surface area contributed by atoms with Gasteiger partial charge >= 0.3 is 17.9 Å². The Morgan fingerprint density at radius 2 is 0.440 bits per heavy atom. The van der Waals surface area contributed by atoms with Gasteiger partial charge in [-0.05, 0) is 44.9 Å². The molecule has 0 aromatic heterocycles. The van der Waals surface area contributed by atoms with Crippen LogP contribution in [-0.2, 0) is 28.6 Å². The fourth-order valence-electron chi connectivity index (χ4n) is 10.6. The zero-order valence-corrected chi connectivity index (χ0v) is 51.1. The number of hydrogen-bond acceptors (Lipinski definition) is 6. The van der Waals surface area contributed by atoms with Gasteiger partial charge in [0.2, 0.25) is 0 Å². The lowest BCUT2D eigenvalue weighted by Gasteiger charge is -2.18. The van der Waals surface area contributed by atoms with Crippen molar-refractivity contribution in [3.05, 3.63) is 12.2 Å². The quantitative estimate of drug-likeness (QED) is 0.0261. The second-order valence-electron chi connectivity index (χ2n) is 23.5. The van der Waals surface area contributed by atoms with Crippen molar-refractivity contribution in [2.24, 2.45) is 0 Å². The van der Waals surface area contributed by atoms with Gasteiger partial charge in [0.05, 0.1) is 0 Å². The van der Waals surface area contributed by atoms with Crippen molar-refractivity contribution >= 4 is 17.9 Å². The molecule has 0 aliphatic rings. The molecule has 0 radical (unpaired) electrons. The van der Waals surface area contributed by atoms with Gasteiger partial charge < -0.3 is 14.2 Å². The number of carbonyl (C=O) groups is 3. The fraction of sp³-hybridized carbons (Fsp3) is 0.928. The Labute approximate surface area is 469 Å². The number of carbonyl (C=O) groups excluding carboxylic acids is 3. The molecule has 0 saturated heterocycles. The fourth-order valence-corrected chi connectivity index (χ4v) is 10.6. The summed E-state index contributed by atoms with van der Waals surface area (Å²) in [6.07, 6.45) is 76.7. The normalized spacial score (nSPS) is 12.0. The Kier molecular flexibility index (Phi) is 63.1. The van der Waals surface area contributed by atoms with Crippen molar-refractivity contribution < 1.29 is 28.6 Å². The highest BCUT2D eigenvalue weighted by atomic mass is 16.6. The van der Waals surface area contributed by atoms with Crippen LogP contribution in [0.25, 0.3) is 0 Å². The molecule has 0 aromatic rings. The summed E-state index contributed by atoms with van der Waals surface area (Å²) in [6.45, 7) is 6.69. The molecule has 0 bridgehead atoms. The van der Waals surface area contributed by atoms with E-state index in [9.17, 15) is 14.4 Å². The van der Waals surface area contributed by atoms with Gasteiger partial charge in [0, 0.05) is 19.3 Å². The van der Waals surface area contributed by atoms with Crippen LogP contribution in [0.2, 0.25) is 0 Å². The lowest BCUT2D eigenvalue weighted by Crippen LogP contribution is -2.30. The molecule has 0 spiro atoms. The van der Waals surface area contributed by atoms with E-state index in [1.807, 2.05) is 0 Å². The van der Waals surface area contributed by atoms with E-state index in [2.05, 4.69) is 32.9 Å². The first-order chi connectivity index (χ1) is 37.0. The molecular formula is C69H132O6. The third-order valence-electron chi connectivity index (χ3n) is 15.8. The van der Waals surface area contributed by atoms with Crippen LogP contribution >= 0.6 is 0 Å². The van der Waals surface area contributed by atoms with Crippen molar-refractivity contribution in [1.82, 2.24) is 0 Å². The summed E-state index contributed by atoms with van der Waals surface area (Å²) in [7, 11) is 0. The molecule has 0 heterocycles. The molecule has 6 heteroatoms. The number of unbranched alkanes of at least 4 members (excludes halogenated alkanes) is 51. The van der Waals surface area contributed by atoms with Crippen molar-refractivity contribution in [1.29, 1.82) is 0 Å². The Morgan fingerprint density at radius 3 is 0.693 bits per heavy atom. The topological polar surface area (TPSA) is 78.9 Å². The smallest absolute Gasteiger partial charge is 0.306 e. The molecule has 0 fully saturated rings. The van der Waals surface area contributed by atoms with E-state index in [0.29, 0.717) is 19.3 Å². The van der Waals surface area contributed by atoms with Gasteiger partial charge in [-0.25, -0.2) is 0 Å². The van der Waals surface area contributed by atoms with Crippen LogP contribution < -0.4 is 0 Å². The second-order valence-corrected chi connectivity index (χ2v) is 23.5. The maximum atomic E-state index is 12.9. The summed E-state index contributed by atoms with van der Waals surface area (Å²) in [5.41, 5.74) is 0. The highest BCUT2D eigenvalue weighted by Crippen LogP contribution is 2.19. The SMILES string of the molecule is CCCCC/C=C\CCCCCCCC(=O)OCC(COC(=O)CCCCCCCCCCCCCCCCCCCCCCCCCCCCCC)OC(=O)CCCCCCCCCCCCCCCCCCC. The van der Waals surface area contributed by atoms with Crippen molar-refractivity contribution in [2.75, 3.05) is 13.2 Å². The number of rotatable bonds is 64. The molecule has 0 aliphatic heterocycles. The lowest BCUT2D eigenvalue weighted by atomic mass is 10.0. The van der Waals surface area contributed by atoms with E-state index in [-0.39, 0.29) is 31.1 Å². The molecule has 0 rings (SSSR count). The van der Waals surface area contributed by atoms with Crippen molar-refractivity contribution in [3.63, 3.8) is 0 Å². The summed E-state index contributed by atoms with van der Waals surface area (Å²) in [6, 6.07) is 0. The number of ether oxygens (including phenoxy) is 3. The minimum Gasteiger partial charge on any atom is -0.462 e. The van der Waals surface area contributed by atoms with E-state index in [0.717, 1.165) is 64.2 Å². The van der Waals surface area contributed by atoms with Gasteiger partial charge in [-0.1, -0.05) is 341 Å². The second kappa shape index (κ2) is 64.7. The predicted molar refractivity (Wildman–Crippen MR) is 326 cm³/mol. The zero-order chi connectivity index (χ0) is 54.3. The van der Waals surface area contributed by atoms with Gasteiger partial charge in [-0.15, -0.1) is 0 Å². The number of esters is 3. The molecule has 0 aromatic carbocycles. The van der Waals surface area contributed by atoms with Gasteiger partial charge in [-0.2, -0.15) is 0 Å². The summed E-state index contributed by atoms with van der Waals surface area (Å²) in [4.78, 5) is 38.3. The molecule has 444 valence electrons. The summed E-state index contributed by atoms with van der Waals surface area (Å²) < 4.78 is 16.9. The van der Waals surface area contributed by atoms with Crippen LogP contribution in [0.15, 0.2) is 12.2 Å². The van der Waals surface area contributed by atoms with Gasteiger partial charge in [-0.3, -0.25) is 14.4 Å². The molecule has 6 nitrogen and oxygen atoms in total. The van der Waals surface area contributed by atoms with E-state index >= 15 is 0 Å². The van der Waals surface area contributed by atoms with E-state index < -0.39 is 6.10 Å². The van der Waals surface area contributed by atoms with Crippen LogP contribution in [0.5, 0.6) is 0 Å². The average molecular weight is 1060 g/mol. The maximum Gasteiger partial charge on any atom is 0.306 e. The first-order valence-corrected chi connectivity index (χ1v) is 34.2. The Balaban J connectivity index is 4.13. The van der Waals surface area contributed by atoms with Gasteiger partial charge in [0.15, 0.2) is 6.10 Å². The van der Waals surface area contributed by atoms with Crippen LogP contribution in [0, 0.1) is 0 Å². The molecule has 0 amide bonds. The molecule has 0 N–H and O–H groups in total. The molecular weight excluding hydrogens is 925 g/mol. The Bertz CT molecular complexity index is 1170. The first kappa shape index (κ1) is 73.2. The molecule has 75 heavy (non-hydrogen) atoms. The molecule has 0 aliphatic carbocycles. The van der Waals surface area contributed by atoms with Crippen LogP contribution in [0.3, 0.4) is 0 Å². The summed E-state index contributed by atoms with van der Waals surface area (Å²) >= 11 is 0. The summed E-state index contributed by atoms with van der Waals surface area (Å²) in [5, 5.41) is 0. The van der Waals surface area contributed by atoms with Crippen LogP contribution in [-0.4, -0.2) is 37.2 Å². The highest BCUT2D eigenvalue weighted by molar-refractivity contribution is 5.71. The van der Waals surface area contributed by atoms with Crippen LogP contribution in [0.1, 0.15) is 393 Å². The third kappa shape index (κ3) is 62.9. The maximum absolute atomic E-state index is 12.9. The number of hydrogen-bond donors (Lipinski definition) is 0. The monoisotopic (exact) mass is 1060 g/mol. The first-order valence-electron chi connectivity index (χ1n) is 34.2. The van der Waals surface area contributed by atoms with Crippen molar-refractivity contribution in [3.8, 4) is 0 Å². The third-order valence-corrected chi connectivity index (χ3v) is 15.8. The summed E-state index contributed by atoms with van der Waals surface area (Å²) in [5.74, 6) is -0.844. The van der Waals surface area contributed by atoms with Crippen molar-refractivity contribution in [2.45, 2.75) is 399 Å². The van der Waals surface area contributed by atoms with E-state index in [1.165, 1.54) is 289 Å². The minimum absolute atomic E-state index is 0.0660. The highest BCUT2D eigenvalue weighted by Gasteiger charge is 2.19. The lowest BCUT2D eigenvalue weighted by molar-refractivity contribution is -0.167. The average Bonchev–Trinajstić information content (AvgIpc) is 3.41. The molecule has 1 atom stereocenters. The zero-order valence-electron chi connectivity index (χ0n) is 51.1. The number of allylic oxidation sites excluding steroid dienone is 2. The van der Waals surface area contributed by atoms with Gasteiger partial charge in [0.1, 0.15) is 13.2 Å². The van der Waals surface area contributed by atoms with Gasteiger partial charge in [0.25, 0.3) is 0 Å². The molecule has 1 unspecified atom stereocenters. The Hall–Kier alpha value is -1.85. The Morgan fingerprint density at radius 1 is 0.253 bits per heavy atom. The van der Waals surface area contributed by atoms with E-state index in [1.54, 1.807) is 0 Å². The molecule has 0 saturated carbocycles. The standard InChI is InChI=1S/C69H132O6/c1-4-7-10-13-16-19-22-25-27-29-30-31-32-33-34-35-36-37-38-39-41-42-44-47-50-53-56-59-62-68(71)74-65-66(64-73-67(70)61-58-55-52-49-46-24-21-18-15-12-9-6-3)75-69(72)63-60-57-54-51-48-45-43-40-28-26-23-20-17-14-11-8-5-2/h18,21,66H,4-17,19-20,22-65H2,1-3H3/b21-18-. The largest absolute Gasteiger partial charge is 0.462 e. The predicted octanol–water partition coefficient (Wildman–Crippen LogP) is 23.2. The van der Waals surface area contributed by atoms with E-state index in [4.69, 9.17) is 14.2 Å². The minimum atomic E-state index is -0.769. The van der Waals surface area contributed by atoms with Crippen LogP contribution in [0.4, 0.5) is 0 Å².